The number of carbonyl (C=O) groups excluding carboxylic acids is 2. The number of hydrogen-bond acceptors (Lipinski definition) is 3. The number of nitrogens with one attached hydrogen (secondary N) is 2. The molecule has 0 aliphatic carbocycles. The molecule has 5 nitrogen and oxygen atoms in total. The lowest BCUT2D eigenvalue weighted by Gasteiger charge is -2.10. The van der Waals surface area contributed by atoms with Crippen molar-refractivity contribution in [3.8, 4) is 11.5 Å². The van der Waals surface area contributed by atoms with Crippen molar-refractivity contribution in [2.75, 3.05) is 5.32 Å². The number of amides is 2. The van der Waals surface area contributed by atoms with Crippen molar-refractivity contribution in [2.45, 2.75) is 13.5 Å². The van der Waals surface area contributed by atoms with Crippen LogP contribution >= 0.6 is 0 Å². The minimum absolute atomic E-state index is 0.160. The zero-order valence-corrected chi connectivity index (χ0v) is 15.5. The maximum absolute atomic E-state index is 14.0. The predicted molar refractivity (Wildman–Crippen MR) is 105 cm³/mol. The van der Waals surface area contributed by atoms with Gasteiger partial charge >= 0.3 is 0 Å². The van der Waals surface area contributed by atoms with Crippen LogP contribution in [-0.4, -0.2) is 11.8 Å². The molecule has 3 aromatic carbocycles. The third kappa shape index (κ3) is 5.62. The standard InChI is InChI=1S/C22H18F2N2O3/c1-14(27)26-17-6-11-21(24)20(12-17)22(28)25-13-15-2-7-18(8-3-15)29-19-9-4-16(23)5-10-19/h2-12H,13H2,1H3,(H,25,28)(H,26,27). The molecule has 2 N–H and O–H groups in total. The Morgan fingerprint density at radius 2 is 1.52 bits per heavy atom. The Labute approximate surface area is 166 Å². The van der Waals surface area contributed by atoms with Gasteiger partial charge in [-0.1, -0.05) is 12.1 Å². The molecule has 7 heteroatoms. The van der Waals surface area contributed by atoms with Gasteiger partial charge in [-0.25, -0.2) is 8.78 Å². The number of ether oxygens (including phenoxy) is 1. The Morgan fingerprint density at radius 1 is 0.897 bits per heavy atom. The number of anilines is 1. The Balaban J connectivity index is 1.60. The Hall–Kier alpha value is -3.74. The summed E-state index contributed by atoms with van der Waals surface area (Å²) in [7, 11) is 0. The summed E-state index contributed by atoms with van der Waals surface area (Å²) in [4.78, 5) is 23.4. The molecule has 0 unspecified atom stereocenters. The molecule has 0 saturated carbocycles. The van der Waals surface area contributed by atoms with E-state index in [4.69, 9.17) is 4.74 Å². The van der Waals surface area contributed by atoms with E-state index >= 15 is 0 Å². The summed E-state index contributed by atoms with van der Waals surface area (Å²) in [6.07, 6.45) is 0. The van der Waals surface area contributed by atoms with Crippen LogP contribution in [0, 0.1) is 11.6 Å². The van der Waals surface area contributed by atoms with Crippen LogP contribution in [0.1, 0.15) is 22.8 Å². The Kier molecular flexibility index (Phi) is 6.19. The second-order valence-corrected chi connectivity index (χ2v) is 6.26. The normalized spacial score (nSPS) is 10.3. The minimum atomic E-state index is -0.681. The second kappa shape index (κ2) is 8.97. The topological polar surface area (TPSA) is 67.4 Å². The van der Waals surface area contributed by atoms with E-state index in [1.165, 1.54) is 43.3 Å². The van der Waals surface area contributed by atoms with E-state index in [0.717, 1.165) is 11.6 Å². The smallest absolute Gasteiger partial charge is 0.254 e. The van der Waals surface area contributed by atoms with Gasteiger partial charge in [0.15, 0.2) is 0 Å². The van der Waals surface area contributed by atoms with Crippen LogP contribution in [0.25, 0.3) is 0 Å². The van der Waals surface area contributed by atoms with E-state index in [-0.39, 0.29) is 23.8 Å². The lowest BCUT2D eigenvalue weighted by atomic mass is 10.1. The fraction of sp³-hybridized carbons (Fsp3) is 0.0909. The Morgan fingerprint density at radius 3 is 2.14 bits per heavy atom. The van der Waals surface area contributed by atoms with E-state index in [1.807, 2.05) is 0 Å². The lowest BCUT2D eigenvalue weighted by molar-refractivity contribution is -0.114. The zero-order valence-electron chi connectivity index (χ0n) is 15.5. The van der Waals surface area contributed by atoms with Crippen LogP contribution in [0.4, 0.5) is 14.5 Å². The first-order chi connectivity index (χ1) is 13.9. The van der Waals surface area contributed by atoms with Crippen molar-refractivity contribution in [1.29, 1.82) is 0 Å². The Bertz CT molecular complexity index is 1020. The maximum atomic E-state index is 14.0. The van der Waals surface area contributed by atoms with Crippen molar-refractivity contribution in [2.24, 2.45) is 0 Å². The SMILES string of the molecule is CC(=O)Nc1ccc(F)c(C(=O)NCc2ccc(Oc3ccc(F)cc3)cc2)c1. The van der Waals surface area contributed by atoms with Gasteiger partial charge in [0, 0.05) is 19.2 Å². The monoisotopic (exact) mass is 396 g/mol. The molecule has 148 valence electrons. The molecular formula is C22H18F2N2O3. The van der Waals surface area contributed by atoms with Crippen molar-refractivity contribution < 1.29 is 23.1 Å². The number of benzene rings is 3. The van der Waals surface area contributed by atoms with Gasteiger partial charge < -0.3 is 15.4 Å². The fourth-order valence-corrected chi connectivity index (χ4v) is 2.57. The van der Waals surface area contributed by atoms with Crippen LogP contribution < -0.4 is 15.4 Å². The fourth-order valence-electron chi connectivity index (χ4n) is 2.57. The van der Waals surface area contributed by atoms with E-state index in [0.29, 0.717) is 17.2 Å². The number of rotatable bonds is 6. The highest BCUT2D eigenvalue weighted by molar-refractivity contribution is 5.97. The lowest BCUT2D eigenvalue weighted by Crippen LogP contribution is -2.24. The number of hydrogen-bond donors (Lipinski definition) is 2. The molecule has 0 aliphatic rings. The molecule has 29 heavy (non-hydrogen) atoms. The molecule has 2 amide bonds. The van der Waals surface area contributed by atoms with Crippen molar-refractivity contribution in [1.82, 2.24) is 5.32 Å². The van der Waals surface area contributed by atoms with E-state index in [9.17, 15) is 18.4 Å². The maximum Gasteiger partial charge on any atom is 0.254 e. The summed E-state index contributed by atoms with van der Waals surface area (Å²) in [5.41, 5.74) is 0.960. The highest BCUT2D eigenvalue weighted by Gasteiger charge is 2.13. The van der Waals surface area contributed by atoms with Gasteiger partial charge in [-0.2, -0.15) is 0 Å². The van der Waals surface area contributed by atoms with Gasteiger partial charge in [-0.15, -0.1) is 0 Å². The van der Waals surface area contributed by atoms with Crippen LogP contribution in [-0.2, 0) is 11.3 Å². The average Bonchev–Trinajstić information content (AvgIpc) is 2.70. The first kappa shape index (κ1) is 20.0. The molecule has 0 fully saturated rings. The molecule has 0 saturated heterocycles. The molecule has 0 radical (unpaired) electrons. The van der Waals surface area contributed by atoms with Gasteiger partial charge in [0.05, 0.1) is 5.56 Å². The van der Waals surface area contributed by atoms with Crippen molar-refractivity contribution in [3.05, 3.63) is 89.5 Å². The first-order valence-corrected chi connectivity index (χ1v) is 8.78. The molecule has 0 aliphatic heterocycles. The van der Waals surface area contributed by atoms with Gasteiger partial charge in [-0.05, 0) is 60.2 Å². The molecular weight excluding hydrogens is 378 g/mol. The summed E-state index contributed by atoms with van der Waals surface area (Å²) >= 11 is 0. The average molecular weight is 396 g/mol. The van der Waals surface area contributed by atoms with Crippen LogP contribution in [0.5, 0.6) is 11.5 Å². The first-order valence-electron chi connectivity index (χ1n) is 8.78. The van der Waals surface area contributed by atoms with Gasteiger partial charge in [0.25, 0.3) is 5.91 Å². The van der Waals surface area contributed by atoms with Gasteiger partial charge in [0.2, 0.25) is 5.91 Å². The van der Waals surface area contributed by atoms with Crippen molar-refractivity contribution in [3.63, 3.8) is 0 Å². The summed E-state index contributed by atoms with van der Waals surface area (Å²) < 4.78 is 32.5. The predicted octanol–water partition coefficient (Wildman–Crippen LogP) is 4.65. The van der Waals surface area contributed by atoms with Crippen molar-refractivity contribution >= 4 is 17.5 Å². The third-order valence-corrected chi connectivity index (χ3v) is 3.96. The molecule has 0 spiro atoms. The highest BCUT2D eigenvalue weighted by Crippen LogP contribution is 2.22. The molecule has 3 aromatic rings. The summed E-state index contributed by atoms with van der Waals surface area (Å²) in [6.45, 7) is 1.51. The summed E-state index contributed by atoms with van der Waals surface area (Å²) in [5.74, 6) is -0.878. The number of halogens is 2. The highest BCUT2D eigenvalue weighted by atomic mass is 19.1. The molecule has 0 atom stereocenters. The molecule has 0 bridgehead atoms. The molecule has 3 rings (SSSR count). The largest absolute Gasteiger partial charge is 0.457 e. The molecule has 0 aromatic heterocycles. The summed E-state index contributed by atoms with van der Waals surface area (Å²) in [5, 5.41) is 5.15. The van der Waals surface area contributed by atoms with Gasteiger partial charge in [0.1, 0.15) is 23.1 Å². The summed E-state index contributed by atoms with van der Waals surface area (Å²) in [6, 6.07) is 16.4. The minimum Gasteiger partial charge on any atom is -0.457 e. The van der Waals surface area contributed by atoms with E-state index < -0.39 is 11.7 Å². The van der Waals surface area contributed by atoms with Crippen LogP contribution in [0.3, 0.4) is 0 Å². The third-order valence-electron chi connectivity index (χ3n) is 3.96. The van der Waals surface area contributed by atoms with E-state index in [1.54, 1.807) is 24.3 Å². The van der Waals surface area contributed by atoms with E-state index in [2.05, 4.69) is 10.6 Å². The molecule has 0 heterocycles. The van der Waals surface area contributed by atoms with Crippen LogP contribution in [0.2, 0.25) is 0 Å². The van der Waals surface area contributed by atoms with Crippen LogP contribution in [0.15, 0.2) is 66.7 Å². The zero-order chi connectivity index (χ0) is 20.8. The number of carbonyl (C=O) groups is 2. The van der Waals surface area contributed by atoms with Gasteiger partial charge in [-0.3, -0.25) is 9.59 Å². The second-order valence-electron chi connectivity index (χ2n) is 6.26. The quantitative estimate of drug-likeness (QED) is 0.638.